The number of methoxy groups -OCH3 is 1. The fourth-order valence-corrected chi connectivity index (χ4v) is 2.78. The smallest absolute Gasteiger partial charge is 0.317 e. The van der Waals surface area contributed by atoms with Crippen molar-refractivity contribution in [1.29, 1.82) is 0 Å². The number of carbonyl (C=O) groups is 1. The topological polar surface area (TPSA) is 66.8 Å². The number of rotatable bonds is 3. The van der Waals surface area contributed by atoms with Crippen LogP contribution in [-0.2, 0) is 9.53 Å². The van der Waals surface area contributed by atoms with Crippen molar-refractivity contribution in [3.05, 3.63) is 56.5 Å². The number of aromatic hydroxyl groups is 2. The molecule has 0 saturated heterocycles. The Morgan fingerprint density at radius 3 is 1.76 bits per heavy atom. The van der Waals surface area contributed by atoms with Crippen molar-refractivity contribution in [3.8, 4) is 11.5 Å². The van der Waals surface area contributed by atoms with Crippen molar-refractivity contribution >= 4 is 37.8 Å². The average molecular weight is 416 g/mol. The summed E-state index contributed by atoms with van der Waals surface area (Å²) in [6.07, 6.45) is 0. The maximum atomic E-state index is 12.1. The Bertz CT molecular complexity index is 634. The van der Waals surface area contributed by atoms with Crippen LogP contribution in [0.25, 0.3) is 0 Å². The molecule has 0 saturated carbocycles. The molecule has 0 amide bonds. The van der Waals surface area contributed by atoms with Gasteiger partial charge in [-0.15, -0.1) is 0 Å². The van der Waals surface area contributed by atoms with Crippen LogP contribution in [0.1, 0.15) is 17.0 Å². The molecular weight excluding hydrogens is 404 g/mol. The minimum Gasteiger partial charge on any atom is -0.507 e. The second kappa shape index (κ2) is 6.49. The van der Waals surface area contributed by atoms with Crippen molar-refractivity contribution in [2.75, 3.05) is 7.11 Å². The molecule has 0 spiro atoms. The van der Waals surface area contributed by atoms with E-state index in [1.807, 2.05) is 0 Å². The van der Waals surface area contributed by atoms with Gasteiger partial charge in [0.15, 0.2) is 0 Å². The summed E-state index contributed by atoms with van der Waals surface area (Å²) in [7, 11) is 1.32. The van der Waals surface area contributed by atoms with E-state index in [4.69, 9.17) is 4.74 Å². The number of phenols is 2. The molecule has 4 nitrogen and oxygen atoms in total. The molecule has 0 aliphatic heterocycles. The molecular formula is C15H12Br2O4. The van der Waals surface area contributed by atoms with Crippen LogP contribution in [0.3, 0.4) is 0 Å². The van der Waals surface area contributed by atoms with E-state index in [0.717, 1.165) is 0 Å². The van der Waals surface area contributed by atoms with Crippen molar-refractivity contribution in [3.63, 3.8) is 0 Å². The Hall–Kier alpha value is -1.53. The Kier molecular flexibility index (Phi) is 4.90. The molecule has 0 bridgehead atoms. The second-order valence-corrected chi connectivity index (χ2v) is 6.09. The van der Waals surface area contributed by atoms with Gasteiger partial charge in [0.1, 0.15) is 17.4 Å². The Balaban J connectivity index is 2.54. The summed E-state index contributed by atoms with van der Waals surface area (Å²) in [5, 5.41) is 19.1. The van der Waals surface area contributed by atoms with Crippen LogP contribution in [0.15, 0.2) is 45.3 Å². The molecule has 0 aliphatic rings. The molecule has 0 unspecified atom stereocenters. The predicted molar refractivity (Wildman–Crippen MR) is 85.5 cm³/mol. The molecule has 2 aromatic carbocycles. The minimum atomic E-state index is -0.649. The van der Waals surface area contributed by atoms with E-state index in [2.05, 4.69) is 31.9 Å². The van der Waals surface area contributed by atoms with E-state index in [-0.39, 0.29) is 11.5 Å². The van der Waals surface area contributed by atoms with Gasteiger partial charge in [0.25, 0.3) is 0 Å². The lowest BCUT2D eigenvalue weighted by Crippen LogP contribution is -2.15. The fraction of sp³-hybridized carbons (Fsp3) is 0.133. The number of hydrogen-bond acceptors (Lipinski definition) is 4. The molecule has 2 N–H and O–H groups in total. The number of halogens is 2. The summed E-state index contributed by atoms with van der Waals surface area (Å²) in [6.45, 7) is 0. The van der Waals surface area contributed by atoms with Crippen molar-refractivity contribution in [2.24, 2.45) is 0 Å². The monoisotopic (exact) mass is 414 g/mol. The van der Waals surface area contributed by atoms with Gasteiger partial charge in [-0.1, -0.05) is 12.1 Å². The molecule has 110 valence electrons. The Morgan fingerprint density at radius 2 is 1.43 bits per heavy atom. The zero-order valence-electron chi connectivity index (χ0n) is 11.0. The zero-order valence-corrected chi connectivity index (χ0v) is 14.2. The first-order valence-corrected chi connectivity index (χ1v) is 7.57. The minimum absolute atomic E-state index is 0.0919. The van der Waals surface area contributed by atoms with Crippen LogP contribution in [0.2, 0.25) is 0 Å². The van der Waals surface area contributed by atoms with Crippen LogP contribution in [-0.4, -0.2) is 23.3 Å². The van der Waals surface area contributed by atoms with Gasteiger partial charge in [0.05, 0.1) is 16.1 Å². The highest BCUT2D eigenvalue weighted by molar-refractivity contribution is 9.10. The third-order valence-corrected chi connectivity index (χ3v) is 4.32. The highest BCUT2D eigenvalue weighted by Crippen LogP contribution is 2.34. The van der Waals surface area contributed by atoms with E-state index in [1.165, 1.54) is 19.2 Å². The van der Waals surface area contributed by atoms with Crippen molar-refractivity contribution in [1.82, 2.24) is 0 Å². The number of carbonyl (C=O) groups excluding carboxylic acids is 1. The quantitative estimate of drug-likeness (QED) is 0.745. The molecule has 2 aromatic rings. The number of benzene rings is 2. The van der Waals surface area contributed by atoms with E-state index in [9.17, 15) is 15.0 Å². The van der Waals surface area contributed by atoms with Crippen LogP contribution in [0, 0.1) is 0 Å². The van der Waals surface area contributed by atoms with E-state index in [0.29, 0.717) is 20.1 Å². The van der Waals surface area contributed by atoms with Crippen LogP contribution in [0.4, 0.5) is 0 Å². The van der Waals surface area contributed by atoms with Crippen molar-refractivity contribution < 1.29 is 19.7 Å². The fourth-order valence-electron chi connectivity index (χ4n) is 1.99. The number of ether oxygens (including phenoxy) is 1. The standard InChI is InChI=1S/C15H12Br2O4/c1-21-15(20)14(8-2-4-12(18)10(16)6-8)9-3-5-13(19)11(17)7-9/h2-7,14,18-19H,1H3. The Morgan fingerprint density at radius 1 is 1.00 bits per heavy atom. The predicted octanol–water partition coefficient (Wildman–Crippen LogP) is 3.93. The van der Waals surface area contributed by atoms with Crippen LogP contribution >= 0.6 is 31.9 Å². The third kappa shape index (κ3) is 3.39. The van der Waals surface area contributed by atoms with Gasteiger partial charge in [0.2, 0.25) is 0 Å². The molecule has 0 fully saturated rings. The van der Waals surface area contributed by atoms with Gasteiger partial charge < -0.3 is 14.9 Å². The van der Waals surface area contributed by atoms with Gasteiger partial charge in [-0.2, -0.15) is 0 Å². The summed E-state index contributed by atoms with van der Waals surface area (Å²) >= 11 is 6.47. The van der Waals surface area contributed by atoms with E-state index < -0.39 is 11.9 Å². The van der Waals surface area contributed by atoms with Crippen molar-refractivity contribution in [2.45, 2.75) is 5.92 Å². The summed E-state index contributed by atoms with van der Waals surface area (Å²) in [5.74, 6) is -0.891. The summed E-state index contributed by atoms with van der Waals surface area (Å²) in [6, 6.07) is 9.65. The van der Waals surface area contributed by atoms with Gasteiger partial charge in [-0.3, -0.25) is 4.79 Å². The highest BCUT2D eigenvalue weighted by atomic mass is 79.9. The summed E-state index contributed by atoms with van der Waals surface area (Å²) < 4.78 is 5.85. The highest BCUT2D eigenvalue weighted by Gasteiger charge is 2.25. The average Bonchev–Trinajstić information content (AvgIpc) is 2.46. The first-order valence-electron chi connectivity index (χ1n) is 5.98. The molecule has 2 rings (SSSR count). The second-order valence-electron chi connectivity index (χ2n) is 4.38. The van der Waals surface area contributed by atoms with Gasteiger partial charge in [-0.25, -0.2) is 0 Å². The lowest BCUT2D eigenvalue weighted by Gasteiger charge is -2.17. The van der Waals surface area contributed by atoms with Gasteiger partial charge in [0, 0.05) is 0 Å². The normalized spacial score (nSPS) is 10.7. The molecule has 0 aliphatic carbocycles. The molecule has 0 heterocycles. The maximum Gasteiger partial charge on any atom is 0.317 e. The molecule has 0 atom stereocenters. The molecule has 21 heavy (non-hydrogen) atoms. The van der Waals surface area contributed by atoms with Gasteiger partial charge in [-0.05, 0) is 67.3 Å². The Labute approximate surface area is 138 Å². The van der Waals surface area contributed by atoms with Gasteiger partial charge >= 0.3 is 5.97 Å². The lowest BCUT2D eigenvalue weighted by molar-refractivity contribution is -0.141. The molecule has 0 radical (unpaired) electrons. The number of hydrogen-bond donors (Lipinski definition) is 2. The van der Waals surface area contributed by atoms with Crippen LogP contribution in [0.5, 0.6) is 11.5 Å². The zero-order chi connectivity index (χ0) is 15.6. The lowest BCUT2D eigenvalue weighted by atomic mass is 9.91. The maximum absolute atomic E-state index is 12.1. The molecule has 6 heteroatoms. The number of esters is 1. The number of phenolic OH excluding ortho intramolecular Hbond substituents is 2. The summed E-state index contributed by atoms with van der Waals surface area (Å²) in [4.78, 5) is 12.1. The third-order valence-electron chi connectivity index (χ3n) is 3.05. The first kappa shape index (κ1) is 15.9. The van der Waals surface area contributed by atoms with E-state index >= 15 is 0 Å². The SMILES string of the molecule is COC(=O)C(c1ccc(O)c(Br)c1)c1ccc(O)c(Br)c1. The first-order chi connectivity index (χ1) is 9.93. The summed E-state index contributed by atoms with van der Waals surface area (Å²) in [5.41, 5.74) is 1.34. The van der Waals surface area contributed by atoms with E-state index in [1.54, 1.807) is 24.3 Å². The molecule has 0 aromatic heterocycles. The van der Waals surface area contributed by atoms with Crippen LogP contribution < -0.4 is 0 Å². The largest absolute Gasteiger partial charge is 0.507 e.